The highest BCUT2D eigenvalue weighted by molar-refractivity contribution is 5.41. The van der Waals surface area contributed by atoms with Gasteiger partial charge in [-0.2, -0.15) is 5.26 Å². The topological polar surface area (TPSA) is 43.2 Å². The second kappa shape index (κ2) is 5.15. The maximum Gasteiger partial charge on any atom is 0.128 e. The Bertz CT molecular complexity index is 416. The summed E-state index contributed by atoms with van der Waals surface area (Å²) in [7, 11) is 0. The van der Waals surface area contributed by atoms with Gasteiger partial charge in [0, 0.05) is 32.4 Å². The number of rotatable bonds is 2. The summed E-state index contributed by atoms with van der Waals surface area (Å²) in [6.45, 7) is 7.80. The molecule has 0 bridgehead atoms. The Labute approximate surface area is 102 Å². The molecule has 1 aromatic heterocycles. The molecular weight excluding hydrogens is 212 g/mol. The van der Waals surface area contributed by atoms with Crippen molar-refractivity contribution in [3.8, 4) is 6.07 Å². The van der Waals surface area contributed by atoms with E-state index in [1.807, 2.05) is 19.2 Å². The minimum Gasteiger partial charge on any atom is -0.354 e. The van der Waals surface area contributed by atoms with Crippen molar-refractivity contribution in [1.29, 1.82) is 5.26 Å². The molecule has 0 saturated carbocycles. The molecule has 2 heterocycles. The number of nitriles is 1. The van der Waals surface area contributed by atoms with Gasteiger partial charge in [-0.05, 0) is 31.5 Å². The second-order valence-corrected chi connectivity index (χ2v) is 4.52. The van der Waals surface area contributed by atoms with Gasteiger partial charge >= 0.3 is 0 Å². The van der Waals surface area contributed by atoms with E-state index in [1.165, 1.54) is 5.56 Å². The molecule has 1 unspecified atom stereocenters. The Morgan fingerprint density at radius 2 is 2.06 bits per heavy atom. The molecule has 1 aromatic rings. The fraction of sp³-hybridized carbons (Fsp3) is 0.538. The molecule has 1 atom stereocenters. The van der Waals surface area contributed by atoms with Crippen molar-refractivity contribution < 1.29 is 0 Å². The molecule has 4 nitrogen and oxygen atoms in total. The monoisotopic (exact) mass is 230 g/mol. The van der Waals surface area contributed by atoms with Crippen molar-refractivity contribution in [3.05, 3.63) is 23.9 Å². The number of nitrogens with zero attached hydrogens (tertiary/aromatic N) is 4. The zero-order valence-corrected chi connectivity index (χ0v) is 10.4. The molecule has 0 aliphatic carbocycles. The molecule has 1 aliphatic rings. The Kier molecular flexibility index (Phi) is 3.60. The van der Waals surface area contributed by atoms with Crippen molar-refractivity contribution in [1.82, 2.24) is 9.88 Å². The minimum atomic E-state index is 0.0163. The normalized spacial score (nSPS) is 18.8. The molecule has 0 amide bonds. The number of hydrogen-bond donors (Lipinski definition) is 0. The molecule has 1 aliphatic heterocycles. The van der Waals surface area contributed by atoms with Crippen molar-refractivity contribution in [3.63, 3.8) is 0 Å². The average Bonchev–Trinajstić information content (AvgIpc) is 2.38. The average molecular weight is 230 g/mol. The van der Waals surface area contributed by atoms with Crippen LogP contribution in [0.2, 0.25) is 0 Å². The van der Waals surface area contributed by atoms with E-state index in [9.17, 15) is 0 Å². The van der Waals surface area contributed by atoms with E-state index < -0.39 is 0 Å². The number of pyridine rings is 1. The van der Waals surface area contributed by atoms with Gasteiger partial charge in [0.25, 0.3) is 0 Å². The molecular formula is C13H18N4. The molecule has 90 valence electrons. The number of aryl methyl sites for hydroxylation is 1. The molecule has 0 aromatic carbocycles. The highest BCUT2D eigenvalue weighted by Gasteiger charge is 2.21. The molecule has 17 heavy (non-hydrogen) atoms. The minimum absolute atomic E-state index is 0.0163. The van der Waals surface area contributed by atoms with E-state index in [1.54, 1.807) is 0 Å². The third kappa shape index (κ3) is 2.75. The molecule has 0 radical (unpaired) electrons. The lowest BCUT2D eigenvalue weighted by Gasteiger charge is -2.36. The predicted octanol–water partition coefficient (Wildman–Crippen LogP) is 1.42. The maximum atomic E-state index is 8.89. The Balaban J connectivity index is 1.98. The van der Waals surface area contributed by atoms with Crippen LogP contribution in [0.25, 0.3) is 0 Å². The van der Waals surface area contributed by atoms with E-state index in [4.69, 9.17) is 5.26 Å². The molecule has 4 heteroatoms. The van der Waals surface area contributed by atoms with Crippen LogP contribution in [0.15, 0.2) is 18.3 Å². The lowest BCUT2D eigenvalue weighted by Crippen LogP contribution is -2.49. The first kappa shape index (κ1) is 11.9. The van der Waals surface area contributed by atoms with Gasteiger partial charge in [0.05, 0.1) is 12.1 Å². The molecule has 0 N–H and O–H groups in total. The Morgan fingerprint density at radius 3 is 2.65 bits per heavy atom. The summed E-state index contributed by atoms with van der Waals surface area (Å²) in [5.74, 6) is 1.05. The highest BCUT2D eigenvalue weighted by atomic mass is 15.3. The van der Waals surface area contributed by atoms with Crippen LogP contribution < -0.4 is 4.90 Å². The summed E-state index contributed by atoms with van der Waals surface area (Å²) in [4.78, 5) is 8.90. The van der Waals surface area contributed by atoms with Crippen molar-refractivity contribution in [2.75, 3.05) is 31.1 Å². The number of anilines is 1. The third-order valence-electron chi connectivity index (χ3n) is 3.27. The van der Waals surface area contributed by atoms with Gasteiger partial charge in [0.15, 0.2) is 0 Å². The Hall–Kier alpha value is -1.60. The molecule has 2 rings (SSSR count). The number of piperazine rings is 1. The number of hydrogen-bond acceptors (Lipinski definition) is 4. The molecule has 1 fully saturated rings. The predicted molar refractivity (Wildman–Crippen MR) is 67.8 cm³/mol. The zero-order chi connectivity index (χ0) is 12.3. The van der Waals surface area contributed by atoms with E-state index in [-0.39, 0.29) is 6.04 Å². The standard InChI is InChI=1S/C13H18N4/c1-11-3-4-15-13(9-11)17-7-5-16(6-8-17)12(2)10-14/h3-4,9,12H,5-8H2,1-2H3. The van der Waals surface area contributed by atoms with E-state index in [0.29, 0.717) is 0 Å². The fourth-order valence-corrected chi connectivity index (χ4v) is 2.11. The third-order valence-corrected chi connectivity index (χ3v) is 3.27. The zero-order valence-electron chi connectivity index (χ0n) is 10.4. The van der Waals surface area contributed by atoms with Gasteiger partial charge in [-0.1, -0.05) is 0 Å². The van der Waals surface area contributed by atoms with E-state index in [2.05, 4.69) is 33.8 Å². The first-order valence-corrected chi connectivity index (χ1v) is 6.02. The van der Waals surface area contributed by atoms with Crippen LogP contribution in [0.4, 0.5) is 5.82 Å². The van der Waals surface area contributed by atoms with Gasteiger partial charge in [-0.15, -0.1) is 0 Å². The summed E-state index contributed by atoms with van der Waals surface area (Å²) in [5, 5.41) is 8.89. The quantitative estimate of drug-likeness (QED) is 0.770. The molecule has 1 saturated heterocycles. The second-order valence-electron chi connectivity index (χ2n) is 4.52. The van der Waals surface area contributed by atoms with Gasteiger partial charge in [0.2, 0.25) is 0 Å². The SMILES string of the molecule is Cc1ccnc(N2CCN(C(C)C#N)CC2)c1. The van der Waals surface area contributed by atoms with Crippen LogP contribution in [0.5, 0.6) is 0 Å². The molecule has 0 spiro atoms. The van der Waals surface area contributed by atoms with Gasteiger partial charge in [-0.25, -0.2) is 4.98 Å². The van der Waals surface area contributed by atoms with Crippen molar-refractivity contribution >= 4 is 5.82 Å². The summed E-state index contributed by atoms with van der Waals surface area (Å²) in [6.07, 6.45) is 1.86. The van der Waals surface area contributed by atoms with Crippen LogP contribution in [0.3, 0.4) is 0 Å². The van der Waals surface area contributed by atoms with Crippen LogP contribution in [0.1, 0.15) is 12.5 Å². The smallest absolute Gasteiger partial charge is 0.128 e. The van der Waals surface area contributed by atoms with Crippen molar-refractivity contribution in [2.45, 2.75) is 19.9 Å². The maximum absolute atomic E-state index is 8.89. The van der Waals surface area contributed by atoms with Crippen LogP contribution in [0, 0.1) is 18.3 Å². The Morgan fingerprint density at radius 1 is 1.35 bits per heavy atom. The van der Waals surface area contributed by atoms with Gasteiger partial charge in [0.1, 0.15) is 5.82 Å². The van der Waals surface area contributed by atoms with Gasteiger partial charge < -0.3 is 4.90 Å². The van der Waals surface area contributed by atoms with E-state index in [0.717, 1.165) is 32.0 Å². The fourth-order valence-electron chi connectivity index (χ4n) is 2.11. The lowest BCUT2D eigenvalue weighted by molar-refractivity contribution is 0.231. The van der Waals surface area contributed by atoms with E-state index >= 15 is 0 Å². The summed E-state index contributed by atoms with van der Waals surface area (Å²) in [5.41, 5.74) is 1.24. The highest BCUT2D eigenvalue weighted by Crippen LogP contribution is 2.15. The van der Waals surface area contributed by atoms with Gasteiger partial charge in [-0.3, -0.25) is 4.90 Å². The summed E-state index contributed by atoms with van der Waals surface area (Å²) < 4.78 is 0. The van der Waals surface area contributed by atoms with Crippen LogP contribution in [-0.2, 0) is 0 Å². The van der Waals surface area contributed by atoms with Crippen LogP contribution >= 0.6 is 0 Å². The summed E-state index contributed by atoms with van der Waals surface area (Å²) in [6, 6.07) is 6.43. The number of aromatic nitrogens is 1. The van der Waals surface area contributed by atoms with Crippen molar-refractivity contribution in [2.24, 2.45) is 0 Å². The summed E-state index contributed by atoms with van der Waals surface area (Å²) >= 11 is 0. The first-order valence-electron chi connectivity index (χ1n) is 6.02. The van der Waals surface area contributed by atoms with Crippen LogP contribution in [-0.4, -0.2) is 42.1 Å². The first-order chi connectivity index (χ1) is 8.20. The largest absolute Gasteiger partial charge is 0.354 e. The lowest BCUT2D eigenvalue weighted by atomic mass is 10.2.